The number of carboxylic acid groups (broad SMARTS) is 1. The highest BCUT2D eigenvalue weighted by molar-refractivity contribution is 7.92. The molecule has 2 aliphatic rings. The normalized spacial score (nSPS) is 20.8. The predicted molar refractivity (Wildman–Crippen MR) is 133 cm³/mol. The van der Waals surface area contributed by atoms with Crippen LogP contribution in [0.1, 0.15) is 45.4 Å². The van der Waals surface area contributed by atoms with Crippen molar-refractivity contribution >= 4 is 39.0 Å². The largest absolute Gasteiger partial charge is 0.478 e. The number of benzene rings is 3. The summed E-state index contributed by atoms with van der Waals surface area (Å²) in [7, 11) is -3.81. The molecule has 3 N–H and O–H groups in total. The van der Waals surface area contributed by atoms with Crippen LogP contribution in [0, 0.1) is 12.8 Å². The van der Waals surface area contributed by atoms with Crippen molar-refractivity contribution in [3.63, 3.8) is 0 Å². The minimum absolute atomic E-state index is 0.00922. The number of carboxylic acids is 1. The van der Waals surface area contributed by atoms with Gasteiger partial charge in [-0.3, -0.25) is 4.72 Å². The summed E-state index contributed by atoms with van der Waals surface area (Å²) >= 11 is 6.06. The number of rotatable bonds is 5. The van der Waals surface area contributed by atoms with Gasteiger partial charge in [0.25, 0.3) is 10.0 Å². The molecule has 3 aromatic rings. The lowest BCUT2D eigenvalue weighted by Gasteiger charge is -2.37. The number of hydrogen-bond donors (Lipinski definition) is 3. The standard InChI is InChI=1S/C26H23ClN2O4S/c1-15-5-10-18(27)13-24(15)29-34(32,33)19-11-12-23-22(14-19)20-3-2-4-21(20)25(28-23)16-6-8-17(9-7-16)26(30)31/h2-3,5-14,20-21,25,28-29H,4H2,1H3,(H,30,31)/t20-,21+,25+/m0/s1. The number of anilines is 2. The molecule has 0 saturated heterocycles. The summed E-state index contributed by atoms with van der Waals surface area (Å²) in [5.74, 6) is -0.697. The summed E-state index contributed by atoms with van der Waals surface area (Å²) in [6.45, 7) is 1.82. The maximum Gasteiger partial charge on any atom is 0.335 e. The number of hydrogen-bond acceptors (Lipinski definition) is 4. The van der Waals surface area contributed by atoms with Gasteiger partial charge in [-0.25, -0.2) is 13.2 Å². The summed E-state index contributed by atoms with van der Waals surface area (Å²) in [4.78, 5) is 11.4. The lowest BCUT2D eigenvalue weighted by Crippen LogP contribution is -2.29. The quantitative estimate of drug-likeness (QED) is 0.379. The molecule has 0 aromatic heterocycles. The van der Waals surface area contributed by atoms with Crippen LogP contribution in [0.5, 0.6) is 0 Å². The molecule has 1 heterocycles. The van der Waals surface area contributed by atoms with Gasteiger partial charge in [0.2, 0.25) is 0 Å². The Hall–Kier alpha value is -3.29. The molecule has 1 aliphatic carbocycles. The molecule has 5 rings (SSSR count). The molecule has 0 bridgehead atoms. The van der Waals surface area contributed by atoms with E-state index in [1.54, 1.807) is 48.5 Å². The van der Waals surface area contributed by atoms with Gasteiger partial charge in [-0.05, 0) is 78.4 Å². The molecule has 0 amide bonds. The Balaban J connectivity index is 1.47. The van der Waals surface area contributed by atoms with Gasteiger partial charge in [0.05, 0.1) is 22.2 Å². The summed E-state index contributed by atoms with van der Waals surface area (Å²) in [5, 5.41) is 13.2. The zero-order valence-electron chi connectivity index (χ0n) is 18.3. The van der Waals surface area contributed by atoms with E-state index in [4.69, 9.17) is 11.6 Å². The molecular weight excluding hydrogens is 472 g/mol. The first-order chi connectivity index (χ1) is 16.2. The zero-order chi connectivity index (χ0) is 24.0. The van der Waals surface area contributed by atoms with Gasteiger partial charge in [-0.15, -0.1) is 0 Å². The molecular formula is C26H23ClN2O4S. The zero-order valence-corrected chi connectivity index (χ0v) is 19.9. The molecule has 0 fully saturated rings. The Morgan fingerprint density at radius 1 is 1.09 bits per heavy atom. The summed E-state index contributed by atoms with van der Waals surface area (Å²) < 4.78 is 29.0. The van der Waals surface area contributed by atoms with Crippen LogP contribution in [-0.2, 0) is 10.0 Å². The summed E-state index contributed by atoms with van der Waals surface area (Å²) in [5.41, 5.74) is 4.29. The van der Waals surface area contributed by atoms with E-state index < -0.39 is 16.0 Å². The lowest BCUT2D eigenvalue weighted by molar-refractivity contribution is 0.0697. The fraction of sp³-hybridized carbons (Fsp3) is 0.192. The van der Waals surface area contributed by atoms with Gasteiger partial charge >= 0.3 is 5.97 Å². The third-order valence-electron chi connectivity index (χ3n) is 6.61. The highest BCUT2D eigenvalue weighted by Gasteiger charge is 2.38. The van der Waals surface area contributed by atoms with Crippen molar-refractivity contribution in [2.45, 2.75) is 30.2 Å². The van der Waals surface area contributed by atoms with Crippen LogP contribution in [-0.4, -0.2) is 19.5 Å². The summed E-state index contributed by atoms with van der Waals surface area (Å²) in [6, 6.07) is 17.1. The molecule has 0 saturated carbocycles. The van der Waals surface area contributed by atoms with E-state index in [-0.39, 0.29) is 28.3 Å². The average molecular weight is 495 g/mol. The van der Waals surface area contributed by atoms with Crippen molar-refractivity contribution in [1.29, 1.82) is 0 Å². The monoisotopic (exact) mass is 494 g/mol. The summed E-state index contributed by atoms with van der Waals surface area (Å²) in [6.07, 6.45) is 5.10. The van der Waals surface area contributed by atoms with E-state index in [0.29, 0.717) is 10.7 Å². The third-order valence-corrected chi connectivity index (χ3v) is 8.20. The molecule has 3 atom stereocenters. The Morgan fingerprint density at radius 3 is 2.59 bits per heavy atom. The predicted octanol–water partition coefficient (Wildman–Crippen LogP) is 5.97. The second-order valence-electron chi connectivity index (χ2n) is 8.72. The highest BCUT2D eigenvalue weighted by Crippen LogP contribution is 2.50. The van der Waals surface area contributed by atoms with Gasteiger partial charge in [0.1, 0.15) is 0 Å². The first-order valence-corrected chi connectivity index (χ1v) is 12.8. The molecule has 0 radical (unpaired) electrons. The molecule has 0 spiro atoms. The van der Waals surface area contributed by atoms with Crippen LogP contribution in [0.2, 0.25) is 5.02 Å². The van der Waals surface area contributed by atoms with Gasteiger partial charge in [-0.1, -0.05) is 42.0 Å². The minimum Gasteiger partial charge on any atom is -0.478 e. The number of allylic oxidation sites excluding steroid dienone is 2. The second-order valence-corrected chi connectivity index (χ2v) is 10.8. The topological polar surface area (TPSA) is 95.5 Å². The van der Waals surface area contributed by atoms with E-state index in [1.807, 2.05) is 19.1 Å². The Bertz CT molecular complexity index is 1420. The van der Waals surface area contributed by atoms with E-state index in [0.717, 1.165) is 28.8 Å². The maximum absolute atomic E-state index is 13.2. The van der Waals surface area contributed by atoms with E-state index in [9.17, 15) is 18.3 Å². The Morgan fingerprint density at radius 2 is 1.85 bits per heavy atom. The number of fused-ring (bicyclic) bond motifs is 3. The fourth-order valence-electron chi connectivity index (χ4n) is 4.81. The van der Waals surface area contributed by atoms with E-state index >= 15 is 0 Å². The molecule has 6 nitrogen and oxygen atoms in total. The van der Waals surface area contributed by atoms with Crippen LogP contribution in [0.15, 0.2) is 77.7 Å². The maximum atomic E-state index is 13.2. The Labute approximate surface area is 203 Å². The average Bonchev–Trinajstić information content (AvgIpc) is 3.31. The van der Waals surface area contributed by atoms with E-state index in [2.05, 4.69) is 22.2 Å². The lowest BCUT2D eigenvalue weighted by atomic mass is 9.77. The van der Waals surface area contributed by atoms with Crippen LogP contribution in [0.25, 0.3) is 0 Å². The van der Waals surface area contributed by atoms with Crippen molar-refractivity contribution in [1.82, 2.24) is 0 Å². The van der Waals surface area contributed by atoms with Crippen LogP contribution in [0.3, 0.4) is 0 Å². The number of sulfonamides is 1. The Kier molecular flexibility index (Phi) is 5.62. The molecule has 1 aliphatic heterocycles. The molecule has 34 heavy (non-hydrogen) atoms. The van der Waals surface area contributed by atoms with E-state index in [1.165, 1.54) is 0 Å². The first kappa shape index (κ1) is 22.5. The number of aromatic carboxylic acids is 1. The van der Waals surface area contributed by atoms with Crippen molar-refractivity contribution in [2.24, 2.45) is 5.92 Å². The van der Waals surface area contributed by atoms with Crippen LogP contribution < -0.4 is 10.0 Å². The smallest absolute Gasteiger partial charge is 0.335 e. The van der Waals surface area contributed by atoms with Crippen molar-refractivity contribution in [3.05, 3.63) is 100 Å². The molecule has 0 unspecified atom stereocenters. The number of aryl methyl sites for hydroxylation is 1. The SMILES string of the molecule is Cc1ccc(Cl)cc1NS(=O)(=O)c1ccc2c(c1)[C@H]1C=CC[C@H]1[C@@H](c1ccc(C(=O)O)cc1)N2. The van der Waals surface area contributed by atoms with Crippen molar-refractivity contribution < 1.29 is 18.3 Å². The third kappa shape index (κ3) is 4.06. The second kappa shape index (κ2) is 8.49. The van der Waals surface area contributed by atoms with Gasteiger partial charge in [-0.2, -0.15) is 0 Å². The number of nitrogens with one attached hydrogen (secondary N) is 2. The van der Waals surface area contributed by atoms with Gasteiger partial charge in [0, 0.05) is 16.6 Å². The first-order valence-electron chi connectivity index (χ1n) is 10.9. The molecule has 174 valence electrons. The van der Waals surface area contributed by atoms with Gasteiger partial charge < -0.3 is 10.4 Å². The number of halogens is 1. The van der Waals surface area contributed by atoms with Gasteiger partial charge in [0.15, 0.2) is 0 Å². The van der Waals surface area contributed by atoms with Crippen molar-refractivity contribution in [2.75, 3.05) is 10.0 Å². The van der Waals surface area contributed by atoms with Crippen LogP contribution in [0.4, 0.5) is 11.4 Å². The fourth-order valence-corrected chi connectivity index (χ4v) is 6.14. The molecule has 8 heteroatoms. The minimum atomic E-state index is -3.81. The van der Waals surface area contributed by atoms with Crippen molar-refractivity contribution in [3.8, 4) is 0 Å². The molecule has 3 aromatic carbocycles. The number of carbonyl (C=O) groups is 1. The van der Waals surface area contributed by atoms with Crippen LogP contribution >= 0.6 is 11.6 Å². The highest BCUT2D eigenvalue weighted by atomic mass is 35.5.